The van der Waals surface area contributed by atoms with Gasteiger partial charge in [0.05, 0.1) is 12.6 Å². The highest BCUT2D eigenvalue weighted by Gasteiger charge is 2.13. The van der Waals surface area contributed by atoms with E-state index in [9.17, 15) is 9.59 Å². The third kappa shape index (κ3) is 3.56. The number of nitrogens with one attached hydrogen (secondary N) is 2. The fourth-order valence-electron chi connectivity index (χ4n) is 2.56. The Bertz CT molecular complexity index is 1160. The van der Waals surface area contributed by atoms with E-state index in [1.165, 1.54) is 0 Å². The molecule has 0 aliphatic heterocycles. The van der Waals surface area contributed by atoms with Crippen LogP contribution < -0.4 is 15.8 Å². The summed E-state index contributed by atoms with van der Waals surface area (Å²) in [6.45, 7) is 0. The predicted octanol–water partition coefficient (Wildman–Crippen LogP) is 2.36. The molecule has 4 aromatic rings. The lowest BCUT2D eigenvalue weighted by Gasteiger charge is -2.02. The third-order valence-corrected chi connectivity index (χ3v) is 3.83. The van der Waals surface area contributed by atoms with Crippen molar-refractivity contribution in [2.24, 2.45) is 0 Å². The monoisotopic (exact) mass is 366 g/mol. The molecule has 0 fully saturated rings. The summed E-state index contributed by atoms with van der Waals surface area (Å²) >= 11 is 0. The normalized spacial score (nSPS) is 10.9. The molecule has 27 heavy (non-hydrogen) atoms. The maximum Gasteiger partial charge on any atom is 0.417 e. The van der Waals surface area contributed by atoms with E-state index in [4.69, 9.17) is 13.7 Å². The molecule has 2 N–H and O–H groups in total. The van der Waals surface area contributed by atoms with Gasteiger partial charge in [-0.25, -0.2) is 4.79 Å². The Kier molecular flexibility index (Phi) is 4.17. The molecule has 0 atom stereocenters. The standard InChI is InChI=1S/C18H14N4O5/c1-25-12-5-2-10(3-6-12)17-21-16(27-22-17)9-15(23)19-11-4-7-14-13(8-11)20-18(24)26-14/h2-8H,9H2,1H3,(H,19,23)(H,20,24). The zero-order valence-corrected chi connectivity index (χ0v) is 14.2. The Balaban J connectivity index is 1.44. The minimum atomic E-state index is -0.551. The highest BCUT2D eigenvalue weighted by molar-refractivity contribution is 5.93. The number of carbonyl (C=O) groups is 1. The Morgan fingerprint density at radius 3 is 2.81 bits per heavy atom. The van der Waals surface area contributed by atoms with Crippen LogP contribution in [0.5, 0.6) is 5.75 Å². The topological polar surface area (TPSA) is 123 Å². The summed E-state index contributed by atoms with van der Waals surface area (Å²) in [5.74, 6) is 0.419. The van der Waals surface area contributed by atoms with Gasteiger partial charge in [-0.1, -0.05) is 5.16 Å². The van der Waals surface area contributed by atoms with Gasteiger partial charge in [0.2, 0.25) is 17.6 Å². The first kappa shape index (κ1) is 16.6. The second-order valence-corrected chi connectivity index (χ2v) is 5.69. The molecular formula is C18H14N4O5. The first-order valence-electron chi connectivity index (χ1n) is 8.00. The van der Waals surface area contributed by atoms with Gasteiger partial charge >= 0.3 is 5.76 Å². The number of nitrogens with zero attached hydrogens (tertiary/aromatic N) is 2. The summed E-state index contributed by atoms with van der Waals surface area (Å²) < 4.78 is 15.2. The fraction of sp³-hybridized carbons (Fsp3) is 0.111. The van der Waals surface area contributed by atoms with Crippen molar-refractivity contribution in [3.63, 3.8) is 0 Å². The summed E-state index contributed by atoms with van der Waals surface area (Å²) in [6, 6.07) is 12.0. The lowest BCUT2D eigenvalue weighted by atomic mass is 10.2. The van der Waals surface area contributed by atoms with E-state index in [1.807, 2.05) is 0 Å². The Labute approximate surface area is 152 Å². The number of benzene rings is 2. The number of anilines is 1. The average Bonchev–Trinajstić information content (AvgIpc) is 3.27. The maximum absolute atomic E-state index is 12.2. The van der Waals surface area contributed by atoms with Crippen LogP contribution in [0.25, 0.3) is 22.5 Å². The van der Waals surface area contributed by atoms with Gasteiger partial charge in [0.15, 0.2) is 5.58 Å². The van der Waals surface area contributed by atoms with E-state index in [1.54, 1.807) is 49.6 Å². The molecule has 2 heterocycles. The molecule has 0 saturated heterocycles. The van der Waals surface area contributed by atoms with Gasteiger partial charge in [0, 0.05) is 11.3 Å². The molecule has 136 valence electrons. The van der Waals surface area contributed by atoms with Crippen molar-refractivity contribution in [1.82, 2.24) is 15.1 Å². The van der Waals surface area contributed by atoms with Crippen molar-refractivity contribution in [3.05, 3.63) is 58.9 Å². The number of H-pyrrole nitrogens is 1. The second-order valence-electron chi connectivity index (χ2n) is 5.69. The first-order chi connectivity index (χ1) is 13.1. The van der Waals surface area contributed by atoms with Crippen LogP contribution in [0.3, 0.4) is 0 Å². The van der Waals surface area contributed by atoms with Gasteiger partial charge in [-0.2, -0.15) is 4.98 Å². The third-order valence-electron chi connectivity index (χ3n) is 3.83. The van der Waals surface area contributed by atoms with Gasteiger partial charge < -0.3 is 19.0 Å². The second kappa shape index (κ2) is 6.79. The number of hydrogen-bond donors (Lipinski definition) is 2. The highest BCUT2D eigenvalue weighted by Crippen LogP contribution is 2.20. The fourth-order valence-corrected chi connectivity index (χ4v) is 2.56. The minimum Gasteiger partial charge on any atom is -0.497 e. The Hall–Kier alpha value is -3.88. The molecule has 2 aromatic heterocycles. The zero-order valence-electron chi connectivity index (χ0n) is 14.2. The molecule has 4 rings (SSSR count). The summed E-state index contributed by atoms with van der Waals surface area (Å²) in [5.41, 5.74) is 2.18. The number of hydrogen-bond acceptors (Lipinski definition) is 7. The van der Waals surface area contributed by atoms with Crippen molar-refractivity contribution < 1.29 is 18.5 Å². The van der Waals surface area contributed by atoms with Crippen molar-refractivity contribution in [2.45, 2.75) is 6.42 Å². The number of ether oxygens (including phenoxy) is 1. The van der Waals surface area contributed by atoms with Gasteiger partial charge in [-0.3, -0.25) is 9.78 Å². The molecule has 0 unspecified atom stereocenters. The average molecular weight is 366 g/mol. The summed E-state index contributed by atoms with van der Waals surface area (Å²) in [4.78, 5) is 30.1. The van der Waals surface area contributed by atoms with Crippen molar-refractivity contribution in [3.8, 4) is 17.1 Å². The molecule has 0 radical (unpaired) electrons. The van der Waals surface area contributed by atoms with Crippen LogP contribution in [0.1, 0.15) is 5.89 Å². The first-order valence-corrected chi connectivity index (χ1v) is 8.00. The number of rotatable bonds is 5. The van der Waals surface area contributed by atoms with Gasteiger partial charge in [0.25, 0.3) is 0 Å². The number of aromatic amines is 1. The Morgan fingerprint density at radius 2 is 2.04 bits per heavy atom. The number of oxazole rings is 1. The molecule has 0 spiro atoms. The number of methoxy groups -OCH3 is 1. The molecule has 9 nitrogen and oxygen atoms in total. The van der Waals surface area contributed by atoms with Crippen molar-refractivity contribution in [2.75, 3.05) is 12.4 Å². The number of fused-ring (bicyclic) bond motifs is 1. The quantitative estimate of drug-likeness (QED) is 0.556. The van der Waals surface area contributed by atoms with Gasteiger partial charge in [0.1, 0.15) is 12.2 Å². The molecule has 2 aromatic carbocycles. The molecule has 0 aliphatic rings. The van der Waals surface area contributed by atoms with Crippen LogP contribution >= 0.6 is 0 Å². The predicted molar refractivity (Wildman–Crippen MR) is 95.5 cm³/mol. The molecule has 0 saturated carbocycles. The number of aromatic nitrogens is 3. The zero-order chi connectivity index (χ0) is 18.8. The molecule has 0 aliphatic carbocycles. The minimum absolute atomic E-state index is 0.0803. The van der Waals surface area contributed by atoms with Crippen LogP contribution in [-0.2, 0) is 11.2 Å². The van der Waals surface area contributed by atoms with Crippen molar-refractivity contribution in [1.29, 1.82) is 0 Å². The van der Waals surface area contributed by atoms with E-state index in [-0.39, 0.29) is 18.2 Å². The maximum atomic E-state index is 12.2. The lowest BCUT2D eigenvalue weighted by Crippen LogP contribution is -2.14. The van der Waals surface area contributed by atoms with Crippen LogP contribution in [-0.4, -0.2) is 28.1 Å². The van der Waals surface area contributed by atoms with E-state index in [0.29, 0.717) is 22.6 Å². The van der Waals surface area contributed by atoms with Crippen LogP contribution in [0, 0.1) is 0 Å². The molecule has 9 heteroatoms. The van der Waals surface area contributed by atoms with Gasteiger partial charge in [-0.05, 0) is 42.5 Å². The smallest absolute Gasteiger partial charge is 0.417 e. The Morgan fingerprint density at radius 1 is 1.22 bits per heavy atom. The summed E-state index contributed by atoms with van der Waals surface area (Å²) in [7, 11) is 1.59. The van der Waals surface area contributed by atoms with E-state index in [2.05, 4.69) is 20.4 Å². The SMILES string of the molecule is COc1ccc(-c2noc(CC(=O)Nc3ccc4oc(=O)[nH]c4c3)n2)cc1. The van der Waals surface area contributed by atoms with Crippen LogP contribution in [0.15, 0.2) is 56.2 Å². The summed E-state index contributed by atoms with van der Waals surface area (Å²) in [6.07, 6.45) is -0.0803. The van der Waals surface area contributed by atoms with E-state index < -0.39 is 5.76 Å². The largest absolute Gasteiger partial charge is 0.497 e. The number of carbonyl (C=O) groups excluding carboxylic acids is 1. The highest BCUT2D eigenvalue weighted by atomic mass is 16.5. The van der Waals surface area contributed by atoms with Gasteiger partial charge in [-0.15, -0.1) is 0 Å². The lowest BCUT2D eigenvalue weighted by molar-refractivity contribution is -0.115. The molecule has 1 amide bonds. The van der Waals surface area contributed by atoms with Crippen LogP contribution in [0.4, 0.5) is 5.69 Å². The van der Waals surface area contributed by atoms with Crippen molar-refractivity contribution >= 4 is 22.7 Å². The van der Waals surface area contributed by atoms with E-state index >= 15 is 0 Å². The van der Waals surface area contributed by atoms with Crippen LogP contribution in [0.2, 0.25) is 0 Å². The summed E-state index contributed by atoms with van der Waals surface area (Å²) in [5, 5.41) is 6.60. The molecule has 0 bridgehead atoms. The molecular weight excluding hydrogens is 352 g/mol. The van der Waals surface area contributed by atoms with E-state index in [0.717, 1.165) is 11.3 Å². The number of amides is 1.